The van der Waals surface area contributed by atoms with E-state index in [1.165, 1.54) is 0 Å². The number of hydrogen-bond acceptors (Lipinski definition) is 7. The monoisotopic (exact) mass is 647 g/mol. The molecule has 2 aromatic heterocycles. The van der Waals surface area contributed by atoms with Crippen LogP contribution in [0.2, 0.25) is 10.0 Å². The number of piperidine rings is 1. The van der Waals surface area contributed by atoms with Crippen LogP contribution in [0.3, 0.4) is 0 Å². The van der Waals surface area contributed by atoms with E-state index in [1.807, 2.05) is 6.92 Å². The van der Waals surface area contributed by atoms with Gasteiger partial charge in [-0.25, -0.2) is 14.1 Å². The van der Waals surface area contributed by atoms with E-state index in [1.54, 1.807) is 40.8 Å². The number of halogens is 3. The van der Waals surface area contributed by atoms with Crippen molar-refractivity contribution in [2.24, 2.45) is 0 Å². The van der Waals surface area contributed by atoms with E-state index < -0.39 is 5.82 Å². The molecule has 232 valence electrons. The van der Waals surface area contributed by atoms with Crippen LogP contribution in [0, 0.1) is 35.9 Å². The van der Waals surface area contributed by atoms with Gasteiger partial charge >= 0.3 is 0 Å². The predicted molar refractivity (Wildman–Crippen MR) is 172 cm³/mol. The Morgan fingerprint density at radius 1 is 1.18 bits per heavy atom. The second-order valence-electron chi connectivity index (χ2n) is 11.7. The molecule has 12 heteroatoms. The lowest BCUT2D eigenvalue weighted by Crippen LogP contribution is -2.46. The summed E-state index contributed by atoms with van der Waals surface area (Å²) < 4.78 is 24.7. The summed E-state index contributed by atoms with van der Waals surface area (Å²) in [5.74, 6) is 4.54. The van der Waals surface area contributed by atoms with Gasteiger partial charge in [0.25, 0.3) is 5.91 Å². The molecule has 0 spiro atoms. The van der Waals surface area contributed by atoms with Crippen molar-refractivity contribution in [2.45, 2.75) is 64.1 Å². The molecule has 0 aliphatic carbocycles. The highest BCUT2D eigenvalue weighted by molar-refractivity contribution is 6.35. The van der Waals surface area contributed by atoms with Crippen molar-refractivity contribution in [2.75, 3.05) is 26.7 Å². The number of carbonyl (C=O) groups is 1. The standard InChI is InChI=1S/C33H32Cl2FN7O2/c1-4-7-27(44)42-15-12-21(16-20(42)11-13-37)43-32-24-17-26(35)28(23-9-5-10-25(34)19(23)2)29(36)30(24)38-33(31(32)39-40-43)45-18-22-8-6-14-41(22)3/h5,9-10,17,20-22H,6,8,11-12,14-16,18H2,1-3H3/t20-,21+,22+/m1/s1. The van der Waals surface area contributed by atoms with Gasteiger partial charge in [0, 0.05) is 34.6 Å². The van der Waals surface area contributed by atoms with E-state index in [4.69, 9.17) is 32.9 Å². The van der Waals surface area contributed by atoms with Crippen molar-refractivity contribution in [1.82, 2.24) is 29.8 Å². The molecule has 4 heterocycles. The van der Waals surface area contributed by atoms with E-state index in [9.17, 15) is 10.1 Å². The number of nitriles is 1. The van der Waals surface area contributed by atoms with Crippen LogP contribution in [0.15, 0.2) is 24.3 Å². The quantitative estimate of drug-likeness (QED) is 0.225. The molecule has 2 aliphatic rings. The molecule has 0 bridgehead atoms. The first-order valence-electron chi connectivity index (χ1n) is 15.0. The Balaban J connectivity index is 1.51. The number of aromatic nitrogens is 4. The number of hydrogen-bond donors (Lipinski definition) is 0. The molecule has 0 radical (unpaired) electrons. The number of pyridine rings is 1. The zero-order valence-electron chi connectivity index (χ0n) is 25.3. The summed E-state index contributed by atoms with van der Waals surface area (Å²) in [4.78, 5) is 21.3. The molecule has 2 aromatic carbocycles. The molecule has 0 unspecified atom stereocenters. The van der Waals surface area contributed by atoms with Crippen LogP contribution in [0.4, 0.5) is 4.39 Å². The van der Waals surface area contributed by atoms with Crippen molar-refractivity contribution < 1.29 is 13.9 Å². The van der Waals surface area contributed by atoms with Crippen molar-refractivity contribution >= 4 is 51.0 Å². The minimum absolute atomic E-state index is 0.0824. The summed E-state index contributed by atoms with van der Waals surface area (Å²) in [5.41, 5.74) is 2.50. The highest BCUT2D eigenvalue weighted by Crippen LogP contribution is 2.42. The summed E-state index contributed by atoms with van der Waals surface area (Å²) in [6.45, 7) is 5.17. The van der Waals surface area contributed by atoms with E-state index in [2.05, 4.69) is 40.2 Å². The normalized spacial score (nSPS) is 20.3. The Kier molecular flexibility index (Phi) is 8.83. The predicted octanol–water partition coefficient (Wildman–Crippen LogP) is 6.34. The molecular formula is C33H32Cl2FN7O2. The lowest BCUT2D eigenvalue weighted by Gasteiger charge is -2.37. The van der Waals surface area contributed by atoms with Crippen LogP contribution in [-0.4, -0.2) is 74.5 Å². The number of ether oxygens (including phenoxy) is 1. The van der Waals surface area contributed by atoms with Gasteiger partial charge in [-0.3, -0.25) is 4.79 Å². The Bertz CT molecular complexity index is 1910. The first-order chi connectivity index (χ1) is 21.7. The fourth-order valence-electron chi connectivity index (χ4n) is 6.58. The van der Waals surface area contributed by atoms with Crippen molar-refractivity contribution in [3.8, 4) is 34.9 Å². The molecule has 2 saturated heterocycles. The molecule has 4 aromatic rings. The summed E-state index contributed by atoms with van der Waals surface area (Å²) in [5, 5.41) is 19.7. The minimum Gasteiger partial charge on any atom is -0.474 e. The van der Waals surface area contributed by atoms with Crippen LogP contribution in [-0.2, 0) is 4.79 Å². The second kappa shape index (κ2) is 12.8. The second-order valence-corrected chi connectivity index (χ2v) is 12.5. The molecule has 2 fully saturated rings. The van der Waals surface area contributed by atoms with Crippen LogP contribution in [0.1, 0.15) is 50.6 Å². The van der Waals surface area contributed by atoms with Gasteiger partial charge in [0.2, 0.25) is 5.88 Å². The van der Waals surface area contributed by atoms with Gasteiger partial charge in [-0.05, 0) is 82.3 Å². The van der Waals surface area contributed by atoms with E-state index in [0.717, 1.165) is 19.4 Å². The van der Waals surface area contributed by atoms with E-state index >= 15 is 4.39 Å². The van der Waals surface area contributed by atoms with Gasteiger partial charge in [-0.15, -0.1) is 5.10 Å². The Morgan fingerprint density at radius 2 is 2.00 bits per heavy atom. The van der Waals surface area contributed by atoms with Crippen LogP contribution < -0.4 is 4.74 Å². The maximum absolute atomic E-state index is 16.7. The lowest BCUT2D eigenvalue weighted by atomic mass is 9.94. The molecule has 2 aliphatic heterocycles. The van der Waals surface area contributed by atoms with Crippen LogP contribution in [0.5, 0.6) is 5.88 Å². The van der Waals surface area contributed by atoms with Crippen molar-refractivity contribution in [3.63, 3.8) is 0 Å². The fourth-order valence-corrected chi connectivity index (χ4v) is 7.05. The average Bonchev–Trinajstić information content (AvgIpc) is 3.65. The van der Waals surface area contributed by atoms with Gasteiger partial charge < -0.3 is 14.5 Å². The van der Waals surface area contributed by atoms with Crippen molar-refractivity contribution in [3.05, 3.63) is 45.7 Å². The number of likely N-dealkylation sites (tertiary alicyclic amines) is 2. The van der Waals surface area contributed by atoms with Crippen LogP contribution >= 0.6 is 23.2 Å². The zero-order chi connectivity index (χ0) is 31.8. The molecule has 3 atom stereocenters. The molecule has 0 N–H and O–H groups in total. The van der Waals surface area contributed by atoms with Gasteiger partial charge in [-0.2, -0.15) is 5.26 Å². The number of benzene rings is 2. The Labute approximate surface area is 270 Å². The highest BCUT2D eigenvalue weighted by Gasteiger charge is 2.34. The zero-order valence-corrected chi connectivity index (χ0v) is 26.8. The number of rotatable bonds is 6. The summed E-state index contributed by atoms with van der Waals surface area (Å²) >= 11 is 13.2. The lowest BCUT2D eigenvalue weighted by molar-refractivity contribution is -0.129. The molecule has 45 heavy (non-hydrogen) atoms. The number of amides is 1. The number of nitrogens with zero attached hydrogens (tertiary/aromatic N) is 7. The molecule has 6 rings (SSSR count). The van der Waals surface area contributed by atoms with Gasteiger partial charge in [-0.1, -0.05) is 46.5 Å². The third-order valence-corrected chi connectivity index (χ3v) is 9.74. The third-order valence-electron chi connectivity index (χ3n) is 9.03. The Hall–Kier alpha value is -3.96. The molecule has 0 saturated carbocycles. The molecule has 1 amide bonds. The van der Waals surface area contributed by atoms with Crippen molar-refractivity contribution in [1.29, 1.82) is 5.26 Å². The number of likely N-dealkylation sites (N-methyl/N-ethyl adjacent to an activating group) is 1. The smallest absolute Gasteiger partial charge is 0.298 e. The number of carbonyl (C=O) groups excluding carboxylic acids is 1. The topological polar surface area (TPSA) is 100 Å². The summed E-state index contributed by atoms with van der Waals surface area (Å²) in [6, 6.07) is 8.79. The highest BCUT2D eigenvalue weighted by atomic mass is 35.5. The summed E-state index contributed by atoms with van der Waals surface area (Å²) in [6.07, 6.45) is 3.20. The van der Waals surface area contributed by atoms with E-state index in [0.29, 0.717) is 58.6 Å². The third kappa shape index (κ3) is 5.68. The molecule has 9 nitrogen and oxygen atoms in total. The average molecular weight is 649 g/mol. The SMILES string of the molecule is CC#CC(=O)N1CC[C@H](n2nnc3c(OC[C@@H]4CCCN4C)nc4c(F)c(-c5cccc(Cl)c5C)c(Cl)cc4c32)C[C@H]1CC#N. The van der Waals surface area contributed by atoms with Gasteiger partial charge in [0.15, 0.2) is 11.3 Å². The van der Waals surface area contributed by atoms with Gasteiger partial charge in [0.05, 0.1) is 23.6 Å². The first-order valence-corrected chi connectivity index (χ1v) is 15.7. The van der Waals surface area contributed by atoms with Gasteiger partial charge in [0.1, 0.15) is 17.6 Å². The first kappa shape index (κ1) is 31.0. The maximum atomic E-state index is 16.7. The Morgan fingerprint density at radius 3 is 2.73 bits per heavy atom. The maximum Gasteiger partial charge on any atom is 0.298 e. The van der Waals surface area contributed by atoms with E-state index in [-0.39, 0.29) is 52.4 Å². The fraction of sp³-hybridized carbons (Fsp3) is 0.424. The largest absolute Gasteiger partial charge is 0.474 e. The number of fused-ring (bicyclic) bond motifs is 3. The molecular weight excluding hydrogens is 616 g/mol. The minimum atomic E-state index is -0.596. The van der Waals surface area contributed by atoms with Crippen LogP contribution in [0.25, 0.3) is 33.1 Å². The summed E-state index contributed by atoms with van der Waals surface area (Å²) in [7, 11) is 2.06.